The van der Waals surface area contributed by atoms with Crippen molar-refractivity contribution >= 4 is 0 Å². The Morgan fingerprint density at radius 1 is 0.588 bits per heavy atom. The van der Waals surface area contributed by atoms with Gasteiger partial charge in [0.15, 0.2) is 0 Å². The van der Waals surface area contributed by atoms with Crippen molar-refractivity contribution < 1.29 is 19.7 Å². The lowest BCUT2D eigenvalue weighted by molar-refractivity contribution is 0.184. The summed E-state index contributed by atoms with van der Waals surface area (Å²) >= 11 is 0. The van der Waals surface area contributed by atoms with Gasteiger partial charge in [-0.3, -0.25) is 0 Å². The molecule has 2 aliphatic heterocycles. The highest BCUT2D eigenvalue weighted by Gasteiger charge is 2.51. The zero-order valence-corrected chi connectivity index (χ0v) is 22.7. The van der Waals surface area contributed by atoms with Gasteiger partial charge < -0.3 is 19.7 Å². The molecule has 0 amide bonds. The Morgan fingerprint density at radius 2 is 0.912 bits per heavy atom. The first kappa shape index (κ1) is 29.0. The molecule has 0 aromatic rings. The maximum absolute atomic E-state index is 9.27. The van der Waals surface area contributed by atoms with Crippen LogP contribution in [0, 0.1) is 0 Å². The lowest BCUT2D eigenvalue weighted by Crippen LogP contribution is -2.14. The lowest BCUT2D eigenvalue weighted by Gasteiger charge is -2.04. The summed E-state index contributed by atoms with van der Waals surface area (Å²) in [5.41, 5.74) is 5.25. The predicted molar refractivity (Wildman–Crippen MR) is 142 cm³/mol. The SMILES string of the molecule is CC(=CCCC=C(C)CCC=C(C)CCC1OC1(C)CO)CCC=C(C)CCC1OC1(C)CO. The highest BCUT2D eigenvalue weighted by molar-refractivity contribution is 5.08. The van der Waals surface area contributed by atoms with Crippen LogP contribution in [0.2, 0.25) is 0 Å². The Balaban J connectivity index is 1.53. The Morgan fingerprint density at radius 3 is 1.24 bits per heavy atom. The molecule has 0 aliphatic carbocycles. The van der Waals surface area contributed by atoms with Crippen molar-refractivity contribution in [2.45, 2.75) is 129 Å². The van der Waals surface area contributed by atoms with E-state index in [4.69, 9.17) is 9.47 Å². The van der Waals surface area contributed by atoms with Crippen molar-refractivity contribution in [1.29, 1.82) is 0 Å². The van der Waals surface area contributed by atoms with E-state index in [1.807, 2.05) is 13.8 Å². The van der Waals surface area contributed by atoms with Crippen LogP contribution in [0.3, 0.4) is 0 Å². The molecule has 4 nitrogen and oxygen atoms in total. The maximum Gasteiger partial charge on any atom is 0.115 e. The fraction of sp³-hybridized carbons (Fsp3) is 0.733. The lowest BCUT2D eigenvalue weighted by atomic mass is 10.0. The van der Waals surface area contributed by atoms with Gasteiger partial charge in [-0.15, -0.1) is 0 Å². The van der Waals surface area contributed by atoms with Gasteiger partial charge in [-0.2, -0.15) is 0 Å². The highest BCUT2D eigenvalue weighted by atomic mass is 16.6. The Kier molecular flexibility index (Phi) is 11.8. The summed E-state index contributed by atoms with van der Waals surface area (Å²) in [6, 6.07) is 0. The topological polar surface area (TPSA) is 65.5 Å². The maximum atomic E-state index is 9.27. The molecule has 2 fully saturated rings. The molecule has 0 aromatic heterocycles. The molecule has 194 valence electrons. The highest BCUT2D eigenvalue weighted by Crippen LogP contribution is 2.40. The van der Waals surface area contributed by atoms with Crippen LogP contribution in [0.15, 0.2) is 46.6 Å². The molecule has 0 bridgehead atoms. The summed E-state index contributed by atoms with van der Waals surface area (Å²) < 4.78 is 11.1. The molecule has 0 saturated carbocycles. The third-order valence-corrected chi connectivity index (χ3v) is 7.52. The molecular formula is C30H50O4. The van der Waals surface area contributed by atoms with Gasteiger partial charge in [0.25, 0.3) is 0 Å². The van der Waals surface area contributed by atoms with Gasteiger partial charge in [-0.25, -0.2) is 0 Å². The van der Waals surface area contributed by atoms with Crippen LogP contribution >= 0.6 is 0 Å². The molecule has 2 rings (SSSR count). The first-order valence-electron chi connectivity index (χ1n) is 13.3. The van der Waals surface area contributed by atoms with Crippen LogP contribution in [0.1, 0.15) is 106 Å². The van der Waals surface area contributed by atoms with E-state index in [-0.39, 0.29) is 36.6 Å². The van der Waals surface area contributed by atoms with Gasteiger partial charge in [-0.05, 0) is 106 Å². The smallest absolute Gasteiger partial charge is 0.115 e. The van der Waals surface area contributed by atoms with Gasteiger partial charge in [0.1, 0.15) is 11.2 Å². The van der Waals surface area contributed by atoms with E-state index in [1.54, 1.807) is 0 Å². The van der Waals surface area contributed by atoms with E-state index in [2.05, 4.69) is 52.0 Å². The fourth-order valence-corrected chi connectivity index (χ4v) is 4.47. The largest absolute Gasteiger partial charge is 0.393 e. The number of epoxide rings is 2. The van der Waals surface area contributed by atoms with E-state index in [0.29, 0.717) is 0 Å². The monoisotopic (exact) mass is 474 g/mol. The zero-order chi connectivity index (χ0) is 25.2. The van der Waals surface area contributed by atoms with Crippen molar-refractivity contribution in [3.05, 3.63) is 46.6 Å². The number of aliphatic hydroxyl groups excluding tert-OH is 2. The van der Waals surface area contributed by atoms with Crippen molar-refractivity contribution in [3.8, 4) is 0 Å². The van der Waals surface area contributed by atoms with Crippen molar-refractivity contribution in [2.24, 2.45) is 0 Å². The molecule has 0 aromatic carbocycles. The third kappa shape index (κ3) is 10.2. The molecule has 2 heterocycles. The molecule has 0 radical (unpaired) electrons. The van der Waals surface area contributed by atoms with Crippen LogP contribution < -0.4 is 0 Å². The minimum Gasteiger partial charge on any atom is -0.393 e. The number of ether oxygens (including phenoxy) is 2. The van der Waals surface area contributed by atoms with Gasteiger partial charge in [0.05, 0.1) is 25.4 Å². The molecule has 2 N–H and O–H groups in total. The van der Waals surface area contributed by atoms with Crippen LogP contribution in [0.4, 0.5) is 0 Å². The molecule has 0 spiro atoms. The molecule has 34 heavy (non-hydrogen) atoms. The second kappa shape index (κ2) is 13.8. The van der Waals surface area contributed by atoms with E-state index in [9.17, 15) is 10.2 Å². The predicted octanol–water partition coefficient (Wildman–Crippen LogP) is 6.97. The van der Waals surface area contributed by atoms with Crippen LogP contribution in [0.25, 0.3) is 0 Å². The molecular weight excluding hydrogens is 424 g/mol. The standard InChI is InChI=1S/C30H50O4/c1-23(13-9-15-25(3)17-19-27-29(5,21-31)33-27)11-7-8-12-24(2)14-10-16-26(4)18-20-28-30(6,22-32)34-28/h11-12,15-16,27-28,31-32H,7-10,13-14,17-22H2,1-6H3. The molecule has 4 atom stereocenters. The minimum absolute atomic E-state index is 0.124. The summed E-state index contributed by atoms with van der Waals surface area (Å²) in [7, 11) is 0. The number of hydrogen-bond acceptors (Lipinski definition) is 4. The number of hydrogen-bond donors (Lipinski definition) is 2. The summed E-state index contributed by atoms with van der Waals surface area (Å²) in [6.07, 6.45) is 20.8. The average molecular weight is 475 g/mol. The molecule has 4 unspecified atom stereocenters. The summed E-state index contributed by atoms with van der Waals surface area (Å²) in [5.74, 6) is 0. The van der Waals surface area contributed by atoms with E-state index >= 15 is 0 Å². The summed E-state index contributed by atoms with van der Waals surface area (Å²) in [4.78, 5) is 0. The van der Waals surface area contributed by atoms with Crippen LogP contribution in [0.5, 0.6) is 0 Å². The number of aliphatic hydroxyl groups is 2. The van der Waals surface area contributed by atoms with E-state index < -0.39 is 0 Å². The van der Waals surface area contributed by atoms with Gasteiger partial charge in [0.2, 0.25) is 0 Å². The van der Waals surface area contributed by atoms with E-state index in [1.165, 1.54) is 22.3 Å². The Hall–Kier alpha value is -1.20. The third-order valence-electron chi connectivity index (χ3n) is 7.52. The van der Waals surface area contributed by atoms with Crippen molar-refractivity contribution in [3.63, 3.8) is 0 Å². The first-order valence-corrected chi connectivity index (χ1v) is 13.3. The zero-order valence-electron chi connectivity index (χ0n) is 22.7. The quantitative estimate of drug-likeness (QED) is 0.136. The Labute approximate surface area is 208 Å². The molecule has 4 heteroatoms. The molecule has 2 saturated heterocycles. The summed E-state index contributed by atoms with van der Waals surface area (Å²) in [5, 5.41) is 18.5. The second-order valence-electron chi connectivity index (χ2n) is 11.1. The number of allylic oxidation sites excluding steroid dienone is 8. The van der Waals surface area contributed by atoms with Crippen molar-refractivity contribution in [1.82, 2.24) is 0 Å². The van der Waals surface area contributed by atoms with Crippen LogP contribution in [-0.2, 0) is 9.47 Å². The normalized spacial score (nSPS) is 30.1. The first-order chi connectivity index (χ1) is 16.1. The fourth-order valence-electron chi connectivity index (χ4n) is 4.47. The van der Waals surface area contributed by atoms with Gasteiger partial charge in [0, 0.05) is 0 Å². The average Bonchev–Trinajstić information content (AvgIpc) is 3.68. The van der Waals surface area contributed by atoms with Gasteiger partial charge in [-0.1, -0.05) is 46.6 Å². The van der Waals surface area contributed by atoms with Crippen LogP contribution in [-0.4, -0.2) is 46.8 Å². The van der Waals surface area contributed by atoms with E-state index in [0.717, 1.165) is 64.2 Å². The number of unbranched alkanes of at least 4 members (excludes halogenated alkanes) is 1. The molecule has 2 aliphatic rings. The van der Waals surface area contributed by atoms with Crippen molar-refractivity contribution in [2.75, 3.05) is 13.2 Å². The minimum atomic E-state index is -0.280. The second-order valence-corrected chi connectivity index (χ2v) is 11.1. The summed E-state index contributed by atoms with van der Waals surface area (Å²) in [6.45, 7) is 13.1. The van der Waals surface area contributed by atoms with Gasteiger partial charge >= 0.3 is 0 Å². The number of rotatable bonds is 17. The Bertz CT molecular complexity index is 698.